The fraction of sp³-hybridized carbons (Fsp3) is 0.483. The van der Waals surface area contributed by atoms with Crippen LogP contribution in [0, 0.1) is 17.6 Å². The quantitative estimate of drug-likeness (QED) is 0.156. The molecule has 0 radical (unpaired) electrons. The van der Waals surface area contributed by atoms with Crippen LogP contribution in [0.4, 0.5) is 20.3 Å². The Balaban J connectivity index is 1.31. The van der Waals surface area contributed by atoms with Crippen molar-refractivity contribution in [3.05, 3.63) is 54.0 Å². The molecule has 3 aromatic rings. The molecule has 11 nitrogen and oxygen atoms in total. The Labute approximate surface area is 244 Å². The van der Waals surface area contributed by atoms with Crippen LogP contribution < -0.4 is 27.2 Å². The number of ether oxygens (including phenoxy) is 2. The third-order valence-corrected chi connectivity index (χ3v) is 8.32. The Bertz CT molecular complexity index is 1400. The van der Waals surface area contributed by atoms with Crippen molar-refractivity contribution in [3.8, 4) is 16.9 Å². The summed E-state index contributed by atoms with van der Waals surface area (Å²) in [6.45, 7) is 1.70. The van der Waals surface area contributed by atoms with Crippen LogP contribution in [0.15, 0.2) is 41.9 Å². The molecular weight excluding hydrogens is 544 g/mol. The lowest BCUT2D eigenvalue weighted by molar-refractivity contribution is 0.0662. The van der Waals surface area contributed by atoms with Gasteiger partial charge in [-0.2, -0.15) is 14.6 Å². The molecular formula is C29H39F2N9O2. The van der Waals surface area contributed by atoms with E-state index in [9.17, 15) is 0 Å². The van der Waals surface area contributed by atoms with Gasteiger partial charge in [-0.1, -0.05) is 0 Å². The van der Waals surface area contributed by atoms with Crippen molar-refractivity contribution >= 4 is 17.3 Å². The Morgan fingerprint density at radius 3 is 2.50 bits per heavy atom. The first-order chi connectivity index (χ1) is 20.3. The normalized spacial score (nSPS) is 20.2. The second-order valence-electron chi connectivity index (χ2n) is 11.2. The Morgan fingerprint density at radius 2 is 1.81 bits per heavy atom. The average molecular weight is 584 g/mol. The van der Waals surface area contributed by atoms with Crippen molar-refractivity contribution in [3.63, 3.8) is 0 Å². The molecule has 0 bridgehead atoms. The number of amidine groups is 1. The highest BCUT2D eigenvalue weighted by Crippen LogP contribution is 2.32. The van der Waals surface area contributed by atoms with Crippen molar-refractivity contribution < 1.29 is 18.3 Å². The zero-order chi connectivity index (χ0) is 29.8. The van der Waals surface area contributed by atoms with Crippen LogP contribution >= 0.6 is 0 Å². The lowest BCUT2D eigenvalue weighted by atomic mass is 9.86. The topological polar surface area (TPSA) is 146 Å². The minimum Gasteiger partial charge on any atom is -0.490 e. The van der Waals surface area contributed by atoms with Gasteiger partial charge in [-0.15, -0.1) is 0 Å². The summed E-state index contributed by atoms with van der Waals surface area (Å²) in [6.07, 6.45) is 11.1. The number of nitrogen functional groups attached to an aromatic ring is 1. The fourth-order valence-electron chi connectivity index (χ4n) is 5.68. The highest BCUT2D eigenvalue weighted by Gasteiger charge is 2.26. The molecule has 13 heteroatoms. The summed E-state index contributed by atoms with van der Waals surface area (Å²) < 4.78 is 43.5. The molecule has 2 aliphatic rings. The minimum atomic E-state index is -1.19. The molecule has 3 heterocycles. The molecule has 1 aliphatic heterocycles. The van der Waals surface area contributed by atoms with Crippen molar-refractivity contribution in [2.45, 2.75) is 50.6 Å². The molecule has 0 unspecified atom stereocenters. The number of anilines is 2. The van der Waals surface area contributed by atoms with Crippen LogP contribution in [-0.2, 0) is 4.74 Å². The lowest BCUT2D eigenvalue weighted by Crippen LogP contribution is -2.40. The number of hydrazine groups is 1. The van der Waals surface area contributed by atoms with Gasteiger partial charge in [0, 0.05) is 42.8 Å². The maximum atomic E-state index is 15.3. The molecule has 1 aliphatic carbocycles. The SMILES string of the molecule is CN(C)C1CCC(COc2ccc(N(N)/C(=N\N)c3cc(-c4cnn(C5CCOCC5)c4)cnc3N)c(F)c2F)CC1. The first kappa shape index (κ1) is 29.7. The van der Waals surface area contributed by atoms with Gasteiger partial charge in [0.15, 0.2) is 17.4 Å². The van der Waals surface area contributed by atoms with Gasteiger partial charge in [-0.25, -0.2) is 15.2 Å². The van der Waals surface area contributed by atoms with Crippen LogP contribution in [-0.4, -0.2) is 65.5 Å². The van der Waals surface area contributed by atoms with Gasteiger partial charge in [-0.05, 0) is 76.7 Å². The zero-order valence-corrected chi connectivity index (χ0v) is 24.0. The van der Waals surface area contributed by atoms with Crippen molar-refractivity contribution in [2.24, 2.45) is 22.7 Å². The highest BCUT2D eigenvalue weighted by molar-refractivity contribution is 6.12. The molecule has 226 valence electrons. The number of aromatic nitrogens is 3. The van der Waals surface area contributed by atoms with E-state index in [0.29, 0.717) is 31.4 Å². The van der Waals surface area contributed by atoms with Gasteiger partial charge in [-0.3, -0.25) is 9.69 Å². The monoisotopic (exact) mass is 583 g/mol. The number of hydrogen-bond donors (Lipinski definition) is 3. The molecule has 0 amide bonds. The molecule has 0 atom stereocenters. The van der Waals surface area contributed by atoms with E-state index < -0.39 is 11.6 Å². The number of pyridine rings is 1. The van der Waals surface area contributed by atoms with E-state index in [-0.39, 0.29) is 40.6 Å². The third-order valence-electron chi connectivity index (χ3n) is 8.32. The summed E-state index contributed by atoms with van der Waals surface area (Å²) in [6, 6.07) is 5.17. The van der Waals surface area contributed by atoms with Crippen LogP contribution in [0.25, 0.3) is 11.1 Å². The molecule has 6 N–H and O–H groups in total. The Morgan fingerprint density at radius 1 is 1.07 bits per heavy atom. The highest BCUT2D eigenvalue weighted by atomic mass is 19.2. The number of halogens is 2. The summed E-state index contributed by atoms with van der Waals surface area (Å²) in [7, 11) is 4.15. The predicted octanol–water partition coefficient (Wildman–Crippen LogP) is 3.66. The van der Waals surface area contributed by atoms with E-state index in [1.165, 1.54) is 12.1 Å². The summed E-state index contributed by atoms with van der Waals surface area (Å²) in [5.74, 6) is 9.71. The first-order valence-electron chi connectivity index (χ1n) is 14.2. The summed E-state index contributed by atoms with van der Waals surface area (Å²) in [4.78, 5) is 6.50. The Kier molecular flexibility index (Phi) is 9.19. The molecule has 1 saturated carbocycles. The smallest absolute Gasteiger partial charge is 0.202 e. The standard InChI is InChI=1S/C29H39F2N9O2/c1-38(2)21-5-3-18(4-6-21)17-42-25-8-7-24(26(30)27(25)31)40(34)29(37-33)23-13-19(14-35-28(23)32)20-15-36-39(16-20)22-9-11-41-12-10-22/h7-8,13-16,18,21-22H,3-6,9-12,17,33-34H2,1-2H3,(H2,32,35)/b37-29-. The average Bonchev–Trinajstić information content (AvgIpc) is 3.50. The second-order valence-corrected chi connectivity index (χ2v) is 11.2. The van der Waals surface area contributed by atoms with Gasteiger partial charge < -0.3 is 25.9 Å². The van der Waals surface area contributed by atoms with Crippen LogP contribution in [0.1, 0.15) is 50.1 Å². The molecule has 42 heavy (non-hydrogen) atoms. The molecule has 1 aromatic carbocycles. The minimum absolute atomic E-state index is 0.0695. The summed E-state index contributed by atoms with van der Waals surface area (Å²) in [5.41, 5.74) is 7.60. The number of hydrogen-bond acceptors (Lipinski definition) is 9. The summed E-state index contributed by atoms with van der Waals surface area (Å²) >= 11 is 0. The molecule has 1 saturated heterocycles. The van der Waals surface area contributed by atoms with Gasteiger partial charge in [0.05, 0.1) is 30.1 Å². The maximum Gasteiger partial charge on any atom is 0.202 e. The van der Waals surface area contributed by atoms with Gasteiger partial charge in [0.25, 0.3) is 0 Å². The van der Waals surface area contributed by atoms with E-state index in [1.807, 2.05) is 10.9 Å². The van der Waals surface area contributed by atoms with E-state index in [4.69, 9.17) is 26.9 Å². The number of nitrogens with two attached hydrogens (primary N) is 3. The molecule has 2 fully saturated rings. The van der Waals surface area contributed by atoms with Gasteiger partial charge in [0.2, 0.25) is 5.82 Å². The molecule has 0 spiro atoms. The molecule has 2 aromatic heterocycles. The van der Waals surface area contributed by atoms with Gasteiger partial charge >= 0.3 is 0 Å². The number of rotatable bonds is 8. The van der Waals surface area contributed by atoms with E-state index >= 15 is 8.78 Å². The number of nitrogens with zero attached hydrogens (tertiary/aromatic N) is 6. The number of benzene rings is 1. The third kappa shape index (κ3) is 6.32. The van der Waals surface area contributed by atoms with Crippen LogP contribution in [0.3, 0.4) is 0 Å². The largest absolute Gasteiger partial charge is 0.490 e. The van der Waals surface area contributed by atoms with E-state index in [2.05, 4.69) is 34.2 Å². The van der Waals surface area contributed by atoms with Crippen LogP contribution in [0.5, 0.6) is 5.75 Å². The van der Waals surface area contributed by atoms with Crippen molar-refractivity contribution in [2.75, 3.05) is 44.7 Å². The van der Waals surface area contributed by atoms with Crippen LogP contribution in [0.2, 0.25) is 0 Å². The summed E-state index contributed by atoms with van der Waals surface area (Å²) in [5, 5.41) is 9.12. The maximum absolute atomic E-state index is 15.3. The van der Waals surface area contributed by atoms with E-state index in [1.54, 1.807) is 18.5 Å². The lowest BCUT2D eigenvalue weighted by Gasteiger charge is -2.32. The molecule has 5 rings (SSSR count). The zero-order valence-electron chi connectivity index (χ0n) is 24.0. The predicted molar refractivity (Wildman–Crippen MR) is 158 cm³/mol. The van der Waals surface area contributed by atoms with Crippen molar-refractivity contribution in [1.82, 2.24) is 19.7 Å². The van der Waals surface area contributed by atoms with Crippen molar-refractivity contribution in [1.29, 1.82) is 0 Å². The number of hydrazone groups is 1. The van der Waals surface area contributed by atoms with Gasteiger partial charge in [0.1, 0.15) is 5.82 Å². The van der Waals surface area contributed by atoms with E-state index in [0.717, 1.165) is 49.1 Å². The Hall–Kier alpha value is -3.81. The second kappa shape index (κ2) is 13.0. The fourth-order valence-corrected chi connectivity index (χ4v) is 5.68. The first-order valence-corrected chi connectivity index (χ1v) is 14.2.